The number of methoxy groups -OCH3 is 1. The molecule has 0 heterocycles. The molecule has 0 fully saturated rings. The van der Waals surface area contributed by atoms with Crippen molar-refractivity contribution in [3.8, 4) is 5.75 Å². The van der Waals surface area contributed by atoms with E-state index in [9.17, 15) is 4.79 Å². The number of hydrogen-bond donors (Lipinski definition) is 1. The van der Waals surface area contributed by atoms with Crippen LogP contribution in [0.15, 0.2) is 17.7 Å². The Morgan fingerprint density at radius 1 is 1.18 bits per heavy atom. The fourth-order valence-electron chi connectivity index (χ4n) is 1.61. The van der Waals surface area contributed by atoms with Crippen LogP contribution in [-0.2, 0) is 4.79 Å². The Kier molecular flexibility index (Phi) is 3.94. The average molecular weight is 234 g/mol. The predicted molar refractivity (Wildman–Crippen MR) is 68.4 cm³/mol. The van der Waals surface area contributed by atoms with Crippen molar-refractivity contribution in [2.45, 2.75) is 27.7 Å². The molecule has 1 N–H and O–H groups in total. The normalized spacial score (nSPS) is 12.1. The van der Waals surface area contributed by atoms with Crippen LogP contribution in [-0.4, -0.2) is 18.2 Å². The van der Waals surface area contributed by atoms with Gasteiger partial charge in [0.15, 0.2) is 0 Å². The second-order valence-electron chi connectivity index (χ2n) is 4.19. The minimum absolute atomic E-state index is 0.339. The molecule has 17 heavy (non-hydrogen) atoms. The van der Waals surface area contributed by atoms with Crippen LogP contribution >= 0.6 is 0 Å². The third-order valence-electron chi connectivity index (χ3n) is 3.10. The number of carbonyl (C=O) groups is 1. The highest BCUT2D eigenvalue weighted by Crippen LogP contribution is 2.30. The first kappa shape index (κ1) is 13.3. The average Bonchev–Trinajstić information content (AvgIpc) is 2.29. The molecule has 0 aliphatic heterocycles. The van der Waals surface area contributed by atoms with Gasteiger partial charge in [-0.25, -0.2) is 4.79 Å². The van der Waals surface area contributed by atoms with Crippen molar-refractivity contribution < 1.29 is 14.6 Å². The lowest BCUT2D eigenvalue weighted by Gasteiger charge is -2.13. The maximum Gasteiger partial charge on any atom is 0.331 e. The standard InChI is InChI=1S/C14H18O3/c1-8-6-12(10(3)11(4)14(15)16)13(17-5)7-9(8)2/h6-7H,1-5H3,(H,15,16)/b11-10-. The second kappa shape index (κ2) is 5.04. The molecule has 92 valence electrons. The van der Waals surface area contributed by atoms with Crippen LogP contribution in [0.1, 0.15) is 30.5 Å². The van der Waals surface area contributed by atoms with Gasteiger partial charge in [-0.1, -0.05) is 0 Å². The summed E-state index contributed by atoms with van der Waals surface area (Å²) in [6, 6.07) is 3.90. The van der Waals surface area contributed by atoms with Gasteiger partial charge in [-0.15, -0.1) is 0 Å². The van der Waals surface area contributed by atoms with E-state index in [1.165, 1.54) is 0 Å². The van der Waals surface area contributed by atoms with E-state index in [0.717, 1.165) is 22.3 Å². The van der Waals surface area contributed by atoms with Crippen molar-refractivity contribution in [3.05, 3.63) is 34.4 Å². The fraction of sp³-hybridized carbons (Fsp3) is 0.357. The van der Waals surface area contributed by atoms with E-state index in [1.807, 2.05) is 26.0 Å². The highest BCUT2D eigenvalue weighted by Gasteiger charge is 2.12. The molecule has 0 bridgehead atoms. The van der Waals surface area contributed by atoms with Gasteiger partial charge in [-0.2, -0.15) is 0 Å². The largest absolute Gasteiger partial charge is 0.496 e. The first-order valence-electron chi connectivity index (χ1n) is 5.44. The van der Waals surface area contributed by atoms with E-state index in [-0.39, 0.29) is 0 Å². The summed E-state index contributed by atoms with van der Waals surface area (Å²) in [7, 11) is 1.59. The lowest BCUT2D eigenvalue weighted by molar-refractivity contribution is -0.132. The summed E-state index contributed by atoms with van der Waals surface area (Å²) in [4.78, 5) is 11.0. The summed E-state index contributed by atoms with van der Waals surface area (Å²) in [5.74, 6) is -0.186. The zero-order chi connectivity index (χ0) is 13.2. The molecule has 0 aliphatic carbocycles. The Labute approximate surface area is 102 Å². The van der Waals surface area contributed by atoms with Crippen LogP contribution in [0.5, 0.6) is 5.75 Å². The SMILES string of the molecule is COc1cc(C)c(C)cc1/C(C)=C(/C)C(=O)O. The number of aryl methyl sites for hydroxylation is 2. The Balaban J connectivity index is 3.45. The van der Waals surface area contributed by atoms with Crippen LogP contribution in [0.2, 0.25) is 0 Å². The molecule has 0 spiro atoms. The van der Waals surface area contributed by atoms with E-state index in [2.05, 4.69) is 0 Å². The van der Waals surface area contributed by atoms with Gasteiger partial charge in [0, 0.05) is 11.1 Å². The number of rotatable bonds is 3. The third-order valence-corrected chi connectivity index (χ3v) is 3.10. The number of allylic oxidation sites excluding steroid dienone is 1. The van der Waals surface area contributed by atoms with Crippen molar-refractivity contribution in [1.82, 2.24) is 0 Å². The molecule has 0 atom stereocenters. The molecule has 3 heteroatoms. The van der Waals surface area contributed by atoms with E-state index in [1.54, 1.807) is 21.0 Å². The van der Waals surface area contributed by atoms with Gasteiger partial charge in [-0.05, 0) is 56.5 Å². The fourth-order valence-corrected chi connectivity index (χ4v) is 1.61. The third kappa shape index (κ3) is 2.67. The first-order chi connectivity index (χ1) is 7.88. The first-order valence-corrected chi connectivity index (χ1v) is 5.44. The zero-order valence-electron chi connectivity index (χ0n) is 10.9. The Morgan fingerprint density at radius 2 is 1.71 bits per heavy atom. The van der Waals surface area contributed by atoms with Crippen molar-refractivity contribution in [1.29, 1.82) is 0 Å². The van der Waals surface area contributed by atoms with Gasteiger partial charge < -0.3 is 9.84 Å². The lowest BCUT2D eigenvalue weighted by Crippen LogP contribution is -2.01. The summed E-state index contributed by atoms with van der Waals surface area (Å²) in [6.45, 7) is 7.41. The molecule has 0 saturated heterocycles. The summed E-state index contributed by atoms with van der Waals surface area (Å²) >= 11 is 0. The summed E-state index contributed by atoms with van der Waals surface area (Å²) < 4.78 is 5.31. The quantitative estimate of drug-likeness (QED) is 0.817. The van der Waals surface area contributed by atoms with E-state index < -0.39 is 5.97 Å². The number of hydrogen-bond acceptors (Lipinski definition) is 2. The number of ether oxygens (including phenoxy) is 1. The minimum atomic E-state index is -0.900. The molecule has 1 rings (SSSR count). The molecule has 3 nitrogen and oxygen atoms in total. The number of carboxylic acid groups (broad SMARTS) is 1. The van der Waals surface area contributed by atoms with Gasteiger partial charge in [0.1, 0.15) is 5.75 Å². The molecular formula is C14H18O3. The molecule has 1 aromatic rings. The summed E-state index contributed by atoms with van der Waals surface area (Å²) in [5.41, 5.74) is 4.17. The summed E-state index contributed by atoms with van der Waals surface area (Å²) in [6.07, 6.45) is 0. The zero-order valence-corrected chi connectivity index (χ0v) is 10.9. The molecule has 0 unspecified atom stereocenters. The highest BCUT2D eigenvalue weighted by molar-refractivity contribution is 5.96. The molecule has 0 radical (unpaired) electrons. The highest BCUT2D eigenvalue weighted by atomic mass is 16.5. The van der Waals surface area contributed by atoms with Crippen LogP contribution in [0.3, 0.4) is 0 Å². The Morgan fingerprint density at radius 3 is 2.18 bits per heavy atom. The van der Waals surface area contributed by atoms with Crippen molar-refractivity contribution >= 4 is 11.5 Å². The molecule has 1 aromatic carbocycles. The van der Waals surface area contributed by atoms with E-state index in [0.29, 0.717) is 11.3 Å². The van der Waals surface area contributed by atoms with Gasteiger partial charge >= 0.3 is 5.97 Å². The smallest absolute Gasteiger partial charge is 0.331 e. The molecule has 0 saturated carbocycles. The number of carboxylic acids is 1. The second-order valence-corrected chi connectivity index (χ2v) is 4.19. The van der Waals surface area contributed by atoms with Gasteiger partial charge in [-0.3, -0.25) is 0 Å². The van der Waals surface area contributed by atoms with E-state index in [4.69, 9.17) is 9.84 Å². The maximum atomic E-state index is 11.0. The van der Waals surface area contributed by atoms with Crippen molar-refractivity contribution in [3.63, 3.8) is 0 Å². The summed E-state index contributed by atoms with van der Waals surface area (Å²) in [5, 5.41) is 9.00. The van der Waals surface area contributed by atoms with Gasteiger partial charge in [0.25, 0.3) is 0 Å². The van der Waals surface area contributed by atoms with Crippen LogP contribution in [0.4, 0.5) is 0 Å². The molecule has 0 amide bonds. The van der Waals surface area contributed by atoms with Crippen molar-refractivity contribution in [2.75, 3.05) is 7.11 Å². The molecule has 0 aliphatic rings. The van der Waals surface area contributed by atoms with Gasteiger partial charge in [0.05, 0.1) is 7.11 Å². The monoisotopic (exact) mass is 234 g/mol. The maximum absolute atomic E-state index is 11.0. The molecular weight excluding hydrogens is 216 g/mol. The van der Waals surface area contributed by atoms with E-state index >= 15 is 0 Å². The number of benzene rings is 1. The minimum Gasteiger partial charge on any atom is -0.496 e. The lowest BCUT2D eigenvalue weighted by atomic mass is 9.97. The Bertz CT molecular complexity index is 484. The van der Waals surface area contributed by atoms with Crippen molar-refractivity contribution in [2.24, 2.45) is 0 Å². The molecule has 0 aromatic heterocycles. The number of aliphatic carboxylic acids is 1. The van der Waals surface area contributed by atoms with Crippen LogP contribution in [0, 0.1) is 13.8 Å². The predicted octanol–water partition coefficient (Wildman–Crippen LogP) is 3.19. The van der Waals surface area contributed by atoms with Gasteiger partial charge in [0.2, 0.25) is 0 Å². The Hall–Kier alpha value is -1.77. The van der Waals surface area contributed by atoms with Crippen LogP contribution in [0.25, 0.3) is 5.57 Å². The topological polar surface area (TPSA) is 46.5 Å². The van der Waals surface area contributed by atoms with Crippen LogP contribution < -0.4 is 4.74 Å².